The van der Waals surface area contributed by atoms with Crippen LogP contribution in [0.2, 0.25) is 0 Å². The van der Waals surface area contributed by atoms with Crippen LogP contribution in [-0.4, -0.2) is 40.1 Å². The predicted octanol–water partition coefficient (Wildman–Crippen LogP) is 1.57. The smallest absolute Gasteiger partial charge is 0.324 e. The van der Waals surface area contributed by atoms with Crippen LogP contribution in [0.1, 0.15) is 42.8 Å². The first-order valence-corrected chi connectivity index (χ1v) is 9.39. The number of hydrogen-bond donors (Lipinski definition) is 0. The maximum absolute atomic E-state index is 12.4. The number of piperidine rings is 1. The van der Waals surface area contributed by atoms with Gasteiger partial charge >= 0.3 is 6.01 Å². The van der Waals surface area contributed by atoms with E-state index >= 15 is 0 Å². The number of rotatable bonds is 5. The molecule has 0 atom stereocenters. The molecule has 140 valence electrons. The van der Waals surface area contributed by atoms with E-state index in [4.69, 9.17) is 9.26 Å². The van der Waals surface area contributed by atoms with Gasteiger partial charge in [0, 0.05) is 32.8 Å². The van der Waals surface area contributed by atoms with Crippen molar-refractivity contribution in [3.05, 3.63) is 33.5 Å². The van der Waals surface area contributed by atoms with Gasteiger partial charge in [0.05, 0.1) is 5.69 Å². The normalized spacial score (nSPS) is 18.1. The minimum atomic E-state index is 0.0363. The molecule has 0 saturated carbocycles. The molecule has 0 aromatic carbocycles. The second kappa shape index (κ2) is 7.57. The number of methoxy groups -OCH3 is 1. The zero-order valence-electron chi connectivity index (χ0n) is 15.2. The third kappa shape index (κ3) is 3.65. The maximum Gasteiger partial charge on any atom is 0.324 e. The molecule has 1 saturated heterocycles. The van der Waals surface area contributed by atoms with Crippen molar-refractivity contribution >= 4 is 6.01 Å². The molecule has 8 heteroatoms. The second-order valence-corrected chi connectivity index (χ2v) is 7.20. The predicted molar refractivity (Wildman–Crippen MR) is 95.1 cm³/mol. The van der Waals surface area contributed by atoms with Gasteiger partial charge in [0.2, 0.25) is 0 Å². The van der Waals surface area contributed by atoms with Gasteiger partial charge in [-0.05, 0) is 50.0 Å². The first kappa shape index (κ1) is 17.2. The summed E-state index contributed by atoms with van der Waals surface area (Å²) >= 11 is 0. The van der Waals surface area contributed by atoms with Gasteiger partial charge in [-0.3, -0.25) is 4.79 Å². The summed E-state index contributed by atoms with van der Waals surface area (Å²) in [6, 6.07) is 2.35. The molecule has 4 rings (SSSR count). The summed E-state index contributed by atoms with van der Waals surface area (Å²) in [5.41, 5.74) is 2.30. The summed E-state index contributed by atoms with van der Waals surface area (Å²) in [6.45, 7) is 2.74. The zero-order chi connectivity index (χ0) is 17.9. The molecule has 8 nitrogen and oxygen atoms in total. The van der Waals surface area contributed by atoms with E-state index in [2.05, 4.69) is 20.1 Å². The van der Waals surface area contributed by atoms with Gasteiger partial charge in [0.25, 0.3) is 5.56 Å². The summed E-state index contributed by atoms with van der Waals surface area (Å²) < 4.78 is 12.0. The van der Waals surface area contributed by atoms with Gasteiger partial charge in [-0.1, -0.05) is 5.16 Å². The highest BCUT2D eigenvalue weighted by molar-refractivity contribution is 5.25. The molecule has 0 unspecified atom stereocenters. The highest BCUT2D eigenvalue weighted by Gasteiger charge is 2.24. The van der Waals surface area contributed by atoms with Gasteiger partial charge in [-0.25, -0.2) is 4.68 Å². The van der Waals surface area contributed by atoms with Gasteiger partial charge in [0.15, 0.2) is 5.82 Å². The molecule has 1 fully saturated rings. The topological polar surface area (TPSA) is 86.3 Å². The molecular formula is C18H25N5O3. The Labute approximate surface area is 152 Å². The lowest BCUT2D eigenvalue weighted by atomic mass is 9.96. The third-order valence-electron chi connectivity index (χ3n) is 5.32. The van der Waals surface area contributed by atoms with Crippen LogP contribution in [0.5, 0.6) is 0 Å². The Balaban J connectivity index is 1.37. The Kier molecular flexibility index (Phi) is 5.01. The Bertz CT molecular complexity index is 807. The minimum Gasteiger partial charge on any atom is -0.377 e. The first-order valence-electron chi connectivity index (χ1n) is 9.39. The molecule has 1 aliphatic heterocycles. The van der Waals surface area contributed by atoms with E-state index in [1.165, 1.54) is 12.8 Å². The van der Waals surface area contributed by atoms with Gasteiger partial charge in [0.1, 0.15) is 6.61 Å². The van der Waals surface area contributed by atoms with Gasteiger partial charge < -0.3 is 14.2 Å². The lowest BCUT2D eigenvalue weighted by molar-refractivity contribution is 0.174. The maximum atomic E-state index is 12.4. The molecule has 2 aromatic rings. The standard InChI is InChI=1S/C18H25N5O3/c1-25-12-16-19-18(26-21-16)22-8-6-13(7-9-22)11-23-17(24)10-14-4-2-3-5-15(14)20-23/h10,13H,2-9,11-12H2,1H3. The fourth-order valence-electron chi connectivity index (χ4n) is 3.84. The molecule has 0 N–H and O–H groups in total. The number of hydrogen-bond acceptors (Lipinski definition) is 7. The highest BCUT2D eigenvalue weighted by atomic mass is 16.5. The Morgan fingerprint density at radius 3 is 2.88 bits per heavy atom. The quantitative estimate of drug-likeness (QED) is 0.801. The van der Waals surface area contributed by atoms with Crippen LogP contribution in [0.25, 0.3) is 0 Å². The Hall–Kier alpha value is -2.22. The van der Waals surface area contributed by atoms with Crippen LogP contribution in [0.4, 0.5) is 6.01 Å². The van der Waals surface area contributed by atoms with E-state index < -0.39 is 0 Å². The number of anilines is 1. The van der Waals surface area contributed by atoms with E-state index in [0.717, 1.165) is 50.0 Å². The van der Waals surface area contributed by atoms with E-state index in [-0.39, 0.29) is 5.56 Å². The summed E-state index contributed by atoms with van der Waals surface area (Å²) in [5, 5.41) is 8.56. The summed E-state index contributed by atoms with van der Waals surface area (Å²) in [5.74, 6) is 1.01. The zero-order valence-corrected chi connectivity index (χ0v) is 15.2. The van der Waals surface area contributed by atoms with E-state index in [1.807, 2.05) is 0 Å². The van der Waals surface area contributed by atoms with E-state index in [1.54, 1.807) is 17.9 Å². The molecule has 2 aromatic heterocycles. The largest absolute Gasteiger partial charge is 0.377 e. The molecule has 2 aliphatic rings. The van der Waals surface area contributed by atoms with Crippen LogP contribution in [0.15, 0.2) is 15.4 Å². The highest BCUT2D eigenvalue weighted by Crippen LogP contribution is 2.23. The average molecular weight is 359 g/mol. The molecule has 0 radical (unpaired) electrons. The SMILES string of the molecule is COCc1noc(N2CCC(Cn3nc4c(cc3=O)CCCC4)CC2)n1. The monoisotopic (exact) mass is 359 g/mol. The molecule has 0 spiro atoms. The average Bonchev–Trinajstić information content (AvgIpc) is 3.12. The fourth-order valence-corrected chi connectivity index (χ4v) is 3.84. The van der Waals surface area contributed by atoms with Crippen LogP contribution < -0.4 is 10.5 Å². The number of fused-ring (bicyclic) bond motifs is 1. The van der Waals surface area contributed by atoms with Crippen molar-refractivity contribution in [3.8, 4) is 0 Å². The van der Waals surface area contributed by atoms with Crippen molar-refractivity contribution in [2.24, 2.45) is 5.92 Å². The summed E-state index contributed by atoms with van der Waals surface area (Å²) in [7, 11) is 1.61. The lowest BCUT2D eigenvalue weighted by Crippen LogP contribution is -2.37. The van der Waals surface area contributed by atoms with Crippen molar-refractivity contribution < 1.29 is 9.26 Å². The molecule has 1 aliphatic carbocycles. The number of nitrogens with zero attached hydrogens (tertiary/aromatic N) is 5. The number of aromatic nitrogens is 4. The van der Waals surface area contributed by atoms with Gasteiger partial charge in [-0.15, -0.1) is 0 Å². The minimum absolute atomic E-state index is 0.0363. The van der Waals surface area contributed by atoms with Gasteiger partial charge in [-0.2, -0.15) is 10.1 Å². The lowest BCUT2D eigenvalue weighted by Gasteiger charge is -2.30. The second-order valence-electron chi connectivity index (χ2n) is 7.20. The van der Waals surface area contributed by atoms with Crippen molar-refractivity contribution in [2.75, 3.05) is 25.1 Å². The van der Waals surface area contributed by atoms with Crippen LogP contribution in [-0.2, 0) is 30.7 Å². The fraction of sp³-hybridized carbons (Fsp3) is 0.667. The van der Waals surface area contributed by atoms with E-state index in [9.17, 15) is 4.79 Å². The van der Waals surface area contributed by atoms with Crippen molar-refractivity contribution in [2.45, 2.75) is 51.7 Å². The first-order chi connectivity index (χ1) is 12.7. The molecule has 3 heterocycles. The molecule has 0 amide bonds. The van der Waals surface area contributed by atoms with Crippen molar-refractivity contribution in [1.82, 2.24) is 19.9 Å². The van der Waals surface area contributed by atoms with E-state index in [0.29, 0.717) is 30.9 Å². The summed E-state index contributed by atoms with van der Waals surface area (Å²) in [6.07, 6.45) is 6.28. The number of aryl methyl sites for hydroxylation is 2. The van der Waals surface area contributed by atoms with Crippen molar-refractivity contribution in [3.63, 3.8) is 0 Å². The Morgan fingerprint density at radius 2 is 2.08 bits per heavy atom. The third-order valence-corrected chi connectivity index (χ3v) is 5.32. The number of ether oxygens (including phenoxy) is 1. The van der Waals surface area contributed by atoms with Crippen LogP contribution in [0, 0.1) is 5.92 Å². The Morgan fingerprint density at radius 1 is 1.27 bits per heavy atom. The van der Waals surface area contributed by atoms with Crippen molar-refractivity contribution in [1.29, 1.82) is 0 Å². The van der Waals surface area contributed by atoms with Crippen LogP contribution >= 0.6 is 0 Å². The summed E-state index contributed by atoms with van der Waals surface area (Å²) in [4.78, 5) is 18.8. The molecular weight excluding hydrogens is 334 g/mol. The molecule has 26 heavy (non-hydrogen) atoms. The molecule has 0 bridgehead atoms. The van der Waals surface area contributed by atoms with Crippen LogP contribution in [0.3, 0.4) is 0 Å².